The number of rotatable bonds is 4. The molecule has 9 heteroatoms. The lowest BCUT2D eigenvalue weighted by atomic mass is 10.2. The maximum atomic E-state index is 12.9. The third-order valence-corrected chi connectivity index (χ3v) is 6.32. The number of esters is 1. The van der Waals surface area contributed by atoms with Crippen LogP contribution in [0.1, 0.15) is 37.6 Å². The average molecular weight is 437 g/mol. The van der Waals surface area contributed by atoms with Crippen molar-refractivity contribution in [3.05, 3.63) is 29.8 Å². The van der Waals surface area contributed by atoms with Crippen molar-refractivity contribution in [1.82, 2.24) is 4.90 Å². The second-order valence-electron chi connectivity index (χ2n) is 7.07. The van der Waals surface area contributed by atoms with Gasteiger partial charge in [-0.15, -0.1) is 0 Å². The van der Waals surface area contributed by atoms with E-state index in [0.717, 1.165) is 0 Å². The van der Waals surface area contributed by atoms with Gasteiger partial charge in [0.2, 0.25) is 11.8 Å². The number of benzene rings is 1. The Balaban J connectivity index is 1.66. The topological polar surface area (TPSA) is 76.2 Å². The highest BCUT2D eigenvalue weighted by molar-refractivity contribution is 8.23. The van der Waals surface area contributed by atoms with E-state index in [1.165, 1.54) is 16.7 Å². The van der Waals surface area contributed by atoms with Gasteiger partial charge in [0.1, 0.15) is 9.57 Å². The van der Waals surface area contributed by atoms with E-state index >= 15 is 0 Å². The number of carbonyl (C=O) groups excluding carboxylic acids is 3. The van der Waals surface area contributed by atoms with E-state index in [1.807, 2.05) is 18.7 Å². The van der Waals surface area contributed by atoms with Gasteiger partial charge in [0.05, 0.1) is 30.1 Å². The quantitative estimate of drug-likeness (QED) is 0.405. The summed E-state index contributed by atoms with van der Waals surface area (Å²) in [5, 5.41) is -0.548. The largest absolute Gasteiger partial charge is 0.462 e. The first-order valence-electron chi connectivity index (χ1n) is 9.55. The molecule has 0 radical (unpaired) electrons. The fourth-order valence-corrected chi connectivity index (χ4v) is 4.92. The van der Waals surface area contributed by atoms with Crippen molar-refractivity contribution >= 4 is 51.8 Å². The Morgan fingerprint density at radius 2 is 1.83 bits per heavy atom. The SMILES string of the molecule is CCOC(=O)c1ccc(N2C(=O)CC(SC(=S)N3CC(C)OC(C)C3)C2=O)cc1. The predicted molar refractivity (Wildman–Crippen MR) is 115 cm³/mol. The second kappa shape index (κ2) is 9.23. The average Bonchev–Trinajstić information content (AvgIpc) is 2.94. The third kappa shape index (κ3) is 4.96. The van der Waals surface area contributed by atoms with E-state index in [0.29, 0.717) is 28.7 Å². The highest BCUT2D eigenvalue weighted by Gasteiger charge is 2.41. The van der Waals surface area contributed by atoms with E-state index in [9.17, 15) is 14.4 Å². The van der Waals surface area contributed by atoms with Crippen LogP contribution in [0.2, 0.25) is 0 Å². The molecule has 1 aromatic rings. The zero-order chi connectivity index (χ0) is 21.1. The Hall–Kier alpha value is -1.97. The molecular formula is C20H24N2O5S2. The lowest BCUT2D eigenvalue weighted by molar-refractivity contribution is -0.121. The summed E-state index contributed by atoms with van der Waals surface area (Å²) in [4.78, 5) is 40.4. The highest BCUT2D eigenvalue weighted by Crippen LogP contribution is 2.32. The number of anilines is 1. The number of morpholine rings is 1. The Kier molecular flexibility index (Phi) is 6.92. The first-order chi connectivity index (χ1) is 13.8. The number of hydrogen-bond acceptors (Lipinski definition) is 7. The standard InChI is InChI=1S/C20H24N2O5S2/c1-4-26-19(25)14-5-7-15(8-6-14)22-17(23)9-16(18(22)24)29-20(28)21-10-12(2)27-13(3)11-21/h5-8,12-13,16H,4,9-11H2,1-3H3. The van der Waals surface area contributed by atoms with Crippen LogP contribution in [0.15, 0.2) is 24.3 Å². The lowest BCUT2D eigenvalue weighted by Gasteiger charge is -2.36. The Bertz CT molecular complexity index is 804. The third-order valence-electron chi connectivity index (χ3n) is 4.66. The molecule has 2 aliphatic rings. The zero-order valence-electron chi connectivity index (χ0n) is 16.6. The van der Waals surface area contributed by atoms with E-state index < -0.39 is 11.2 Å². The van der Waals surface area contributed by atoms with Crippen LogP contribution in [-0.2, 0) is 19.1 Å². The zero-order valence-corrected chi connectivity index (χ0v) is 18.3. The second-order valence-corrected chi connectivity index (χ2v) is 8.91. The molecule has 0 bridgehead atoms. The number of amides is 2. The first-order valence-corrected chi connectivity index (χ1v) is 10.8. The summed E-state index contributed by atoms with van der Waals surface area (Å²) in [6.07, 6.45) is 0.221. The number of thiocarbonyl (C=S) groups is 1. The molecule has 0 saturated carbocycles. The predicted octanol–water partition coefficient (Wildman–Crippen LogP) is 2.62. The van der Waals surface area contributed by atoms with Gasteiger partial charge >= 0.3 is 5.97 Å². The maximum absolute atomic E-state index is 12.9. The molecule has 2 amide bonds. The molecule has 1 aromatic carbocycles. The van der Waals surface area contributed by atoms with Gasteiger partial charge in [-0.2, -0.15) is 0 Å². The summed E-state index contributed by atoms with van der Waals surface area (Å²) in [5.41, 5.74) is 0.813. The Morgan fingerprint density at radius 3 is 2.41 bits per heavy atom. The molecule has 0 N–H and O–H groups in total. The molecule has 3 rings (SSSR count). The molecule has 0 spiro atoms. The summed E-state index contributed by atoms with van der Waals surface area (Å²) in [7, 11) is 0. The molecule has 29 heavy (non-hydrogen) atoms. The van der Waals surface area contributed by atoms with Gasteiger partial charge in [-0.25, -0.2) is 9.69 Å². The van der Waals surface area contributed by atoms with Gasteiger partial charge in [-0.1, -0.05) is 24.0 Å². The summed E-state index contributed by atoms with van der Waals surface area (Å²) in [5.74, 6) is -1.01. The Labute approximate surface area is 179 Å². The van der Waals surface area contributed by atoms with E-state index in [1.54, 1.807) is 31.2 Å². The number of carbonyl (C=O) groups is 3. The van der Waals surface area contributed by atoms with Gasteiger partial charge in [-0.3, -0.25) is 9.59 Å². The molecular weight excluding hydrogens is 412 g/mol. The summed E-state index contributed by atoms with van der Waals surface area (Å²) in [6.45, 7) is 7.33. The fraction of sp³-hybridized carbons (Fsp3) is 0.500. The molecule has 2 fully saturated rings. The van der Waals surface area contributed by atoms with E-state index in [2.05, 4.69) is 0 Å². The van der Waals surface area contributed by atoms with Gasteiger partial charge in [0, 0.05) is 19.5 Å². The number of hydrogen-bond donors (Lipinski definition) is 0. The molecule has 2 aliphatic heterocycles. The summed E-state index contributed by atoms with van der Waals surface area (Å²) >= 11 is 6.79. The molecule has 156 valence electrons. The fourth-order valence-electron chi connectivity index (χ4n) is 3.45. The van der Waals surface area contributed by atoms with Gasteiger partial charge < -0.3 is 14.4 Å². The molecule has 2 heterocycles. The van der Waals surface area contributed by atoms with Gasteiger partial charge in [0.15, 0.2) is 0 Å². The monoisotopic (exact) mass is 436 g/mol. The van der Waals surface area contributed by atoms with Crippen molar-refractivity contribution in [2.45, 2.75) is 44.6 Å². The van der Waals surface area contributed by atoms with Crippen LogP contribution in [0.25, 0.3) is 0 Å². The summed E-state index contributed by atoms with van der Waals surface area (Å²) in [6, 6.07) is 6.27. The summed E-state index contributed by atoms with van der Waals surface area (Å²) < 4.78 is 11.3. The highest BCUT2D eigenvalue weighted by atomic mass is 32.2. The van der Waals surface area contributed by atoms with Crippen molar-refractivity contribution in [3.8, 4) is 0 Å². The first kappa shape index (κ1) is 21.7. The molecule has 0 aromatic heterocycles. The number of imide groups is 1. The van der Waals surface area contributed by atoms with Gasteiger partial charge in [0.25, 0.3) is 0 Å². The van der Waals surface area contributed by atoms with Crippen molar-refractivity contribution in [2.24, 2.45) is 0 Å². The van der Waals surface area contributed by atoms with Crippen molar-refractivity contribution in [1.29, 1.82) is 0 Å². The maximum Gasteiger partial charge on any atom is 0.338 e. The van der Waals surface area contributed by atoms with Crippen LogP contribution in [0, 0.1) is 0 Å². The van der Waals surface area contributed by atoms with Crippen LogP contribution in [0.3, 0.4) is 0 Å². The number of ether oxygens (including phenoxy) is 2. The normalized spacial score (nSPS) is 24.7. The minimum Gasteiger partial charge on any atom is -0.462 e. The van der Waals surface area contributed by atoms with Gasteiger partial charge in [-0.05, 0) is 45.0 Å². The van der Waals surface area contributed by atoms with Crippen LogP contribution >= 0.6 is 24.0 Å². The van der Waals surface area contributed by atoms with Crippen LogP contribution in [-0.4, -0.2) is 64.2 Å². The van der Waals surface area contributed by atoms with Crippen molar-refractivity contribution in [2.75, 3.05) is 24.6 Å². The van der Waals surface area contributed by atoms with Crippen LogP contribution in [0.4, 0.5) is 5.69 Å². The molecule has 3 unspecified atom stereocenters. The molecule has 2 saturated heterocycles. The molecule has 3 atom stereocenters. The smallest absolute Gasteiger partial charge is 0.338 e. The van der Waals surface area contributed by atoms with E-state index in [-0.39, 0.29) is 37.0 Å². The minimum atomic E-state index is -0.548. The van der Waals surface area contributed by atoms with E-state index in [4.69, 9.17) is 21.7 Å². The number of nitrogens with zero attached hydrogens (tertiary/aromatic N) is 2. The Morgan fingerprint density at radius 1 is 1.21 bits per heavy atom. The molecule has 7 nitrogen and oxygen atoms in total. The van der Waals surface area contributed by atoms with Crippen molar-refractivity contribution < 1.29 is 23.9 Å². The number of thioether (sulfide) groups is 1. The van der Waals surface area contributed by atoms with Crippen LogP contribution in [0.5, 0.6) is 0 Å². The minimum absolute atomic E-state index is 0.0626. The van der Waals surface area contributed by atoms with Crippen LogP contribution < -0.4 is 4.90 Å². The lowest BCUT2D eigenvalue weighted by Crippen LogP contribution is -2.47. The van der Waals surface area contributed by atoms with Crippen molar-refractivity contribution in [3.63, 3.8) is 0 Å². The molecule has 0 aliphatic carbocycles.